The first kappa shape index (κ1) is 20.1. The molecule has 2 N–H and O–H groups in total. The number of hydrogen-bond donors (Lipinski definition) is 2. The van der Waals surface area contributed by atoms with Crippen LogP contribution in [0.1, 0.15) is 45.9 Å². The second-order valence-corrected chi connectivity index (χ2v) is 7.75. The summed E-state index contributed by atoms with van der Waals surface area (Å²) in [6, 6.07) is 11.2. The van der Waals surface area contributed by atoms with Crippen molar-refractivity contribution in [2.24, 2.45) is 10.2 Å². The number of nitriles is 1. The molecular weight excluding hydrogens is 370 g/mol. The summed E-state index contributed by atoms with van der Waals surface area (Å²) in [5, 5.41) is 39.7. The molecule has 0 atom stereocenters. The molecule has 0 amide bonds. The Morgan fingerprint density at radius 1 is 1.21 bits per heavy atom. The molecule has 0 bridgehead atoms. The minimum absolute atomic E-state index is 0.0679. The third-order valence-corrected chi connectivity index (χ3v) is 3.97. The molecule has 0 aliphatic carbocycles. The molecule has 3 rings (SSSR count). The molecule has 9 nitrogen and oxygen atoms in total. The van der Waals surface area contributed by atoms with Gasteiger partial charge in [-0.2, -0.15) is 15.0 Å². The van der Waals surface area contributed by atoms with Gasteiger partial charge in [0.05, 0.1) is 17.5 Å². The summed E-state index contributed by atoms with van der Waals surface area (Å²) < 4.78 is 7.02. The van der Waals surface area contributed by atoms with Crippen molar-refractivity contribution in [3.8, 4) is 23.5 Å². The molecule has 0 spiro atoms. The molecule has 0 fully saturated rings. The van der Waals surface area contributed by atoms with Crippen molar-refractivity contribution in [2.45, 2.75) is 46.1 Å². The largest absolute Gasteiger partial charge is 0.492 e. The second kappa shape index (κ2) is 7.75. The summed E-state index contributed by atoms with van der Waals surface area (Å²) in [6.07, 6.45) is -0.184. The van der Waals surface area contributed by atoms with Gasteiger partial charge in [-0.1, -0.05) is 39.0 Å². The van der Waals surface area contributed by atoms with Crippen LogP contribution in [0, 0.1) is 11.3 Å². The molecule has 0 aliphatic rings. The summed E-state index contributed by atoms with van der Waals surface area (Å²) in [7, 11) is 0. The zero-order valence-corrected chi connectivity index (χ0v) is 17.0. The fraction of sp³-hybridized carbons (Fsp3) is 0.350. The highest BCUT2D eigenvalue weighted by Gasteiger charge is 2.25. The number of rotatable bonds is 5. The highest BCUT2D eigenvalue weighted by atomic mass is 16.5. The van der Waals surface area contributed by atoms with Gasteiger partial charge in [0.2, 0.25) is 11.6 Å². The summed E-state index contributed by atoms with van der Waals surface area (Å²) in [4.78, 5) is 0. The van der Waals surface area contributed by atoms with Crippen molar-refractivity contribution in [1.29, 1.82) is 5.26 Å². The number of azo groups is 1. The Morgan fingerprint density at radius 2 is 1.90 bits per heavy atom. The van der Waals surface area contributed by atoms with Crippen LogP contribution in [0.25, 0.3) is 5.69 Å². The maximum absolute atomic E-state index is 10.7. The Hall–Kier alpha value is -3.67. The van der Waals surface area contributed by atoms with Crippen LogP contribution in [0.2, 0.25) is 0 Å². The van der Waals surface area contributed by atoms with Crippen molar-refractivity contribution in [3.63, 3.8) is 0 Å². The van der Waals surface area contributed by atoms with Gasteiger partial charge in [-0.25, -0.2) is 0 Å². The van der Waals surface area contributed by atoms with E-state index in [9.17, 15) is 10.4 Å². The minimum atomic E-state index is -0.332. The number of nitrogens with one attached hydrogen (secondary N) is 1. The zero-order valence-electron chi connectivity index (χ0n) is 17.0. The Bertz CT molecular complexity index is 1070. The van der Waals surface area contributed by atoms with Gasteiger partial charge in [0.15, 0.2) is 5.82 Å². The van der Waals surface area contributed by atoms with Crippen LogP contribution < -0.4 is 4.74 Å². The van der Waals surface area contributed by atoms with Gasteiger partial charge >= 0.3 is 0 Å². The van der Waals surface area contributed by atoms with Crippen molar-refractivity contribution >= 4 is 11.5 Å². The number of hydrogen-bond acceptors (Lipinski definition) is 7. The van der Waals surface area contributed by atoms with E-state index in [-0.39, 0.29) is 34.8 Å². The lowest BCUT2D eigenvalue weighted by atomic mass is 9.90. The number of aromatic amines is 1. The lowest BCUT2D eigenvalue weighted by molar-refractivity contribution is 0.232. The SMILES string of the molecule is CC(C)Oc1nn(-c2ccccc2)c(O)c1/N=N/c1[nH]nc(C(C)(C)C)c1C#N. The third-order valence-electron chi connectivity index (χ3n) is 3.97. The van der Waals surface area contributed by atoms with Crippen LogP contribution in [0.15, 0.2) is 40.6 Å². The van der Waals surface area contributed by atoms with Crippen LogP contribution in [-0.2, 0) is 5.41 Å². The predicted octanol–water partition coefficient (Wildman–Crippen LogP) is 4.67. The molecule has 2 aromatic heterocycles. The van der Waals surface area contributed by atoms with Gasteiger partial charge in [-0.05, 0) is 26.0 Å². The fourth-order valence-corrected chi connectivity index (χ4v) is 2.67. The topological polar surface area (TPSA) is 124 Å². The second-order valence-electron chi connectivity index (χ2n) is 7.75. The number of benzene rings is 1. The first-order chi connectivity index (χ1) is 13.7. The highest BCUT2D eigenvalue weighted by Crippen LogP contribution is 2.40. The number of aromatic hydroxyl groups is 1. The molecule has 0 saturated carbocycles. The molecule has 3 aromatic rings. The standard InChI is InChI=1S/C20H23N7O2/c1-12(2)29-18-15(19(28)27(26-18)13-9-7-6-8-10-13)22-24-17-14(11-21)16(23-25-17)20(3,4)5/h6-10,12,28H,1-5H3,(H,23,25)/b24-22+. The highest BCUT2D eigenvalue weighted by molar-refractivity contribution is 5.59. The number of ether oxygens (including phenoxy) is 1. The molecular formula is C20H23N7O2. The van der Waals surface area contributed by atoms with Crippen LogP contribution in [-0.4, -0.2) is 31.2 Å². The van der Waals surface area contributed by atoms with E-state index in [0.29, 0.717) is 16.9 Å². The molecule has 9 heteroatoms. The van der Waals surface area contributed by atoms with E-state index < -0.39 is 0 Å². The molecule has 29 heavy (non-hydrogen) atoms. The molecule has 0 radical (unpaired) electrons. The molecule has 1 aromatic carbocycles. The number of nitrogens with zero attached hydrogens (tertiary/aromatic N) is 6. The zero-order chi connectivity index (χ0) is 21.2. The normalized spacial score (nSPS) is 11.9. The molecule has 0 saturated heterocycles. The number of aromatic nitrogens is 4. The first-order valence-electron chi connectivity index (χ1n) is 9.17. The summed E-state index contributed by atoms with van der Waals surface area (Å²) in [5.41, 5.74) is 1.29. The van der Waals surface area contributed by atoms with Gasteiger partial charge < -0.3 is 9.84 Å². The van der Waals surface area contributed by atoms with Gasteiger partial charge in [-0.15, -0.1) is 15.3 Å². The average Bonchev–Trinajstić information content (AvgIpc) is 3.21. The molecule has 0 unspecified atom stereocenters. The summed E-state index contributed by atoms with van der Waals surface area (Å²) in [5.74, 6) is 0.128. The smallest absolute Gasteiger partial charge is 0.265 e. The summed E-state index contributed by atoms with van der Waals surface area (Å²) in [6.45, 7) is 9.55. The van der Waals surface area contributed by atoms with Crippen molar-refractivity contribution in [1.82, 2.24) is 20.0 Å². The van der Waals surface area contributed by atoms with Crippen molar-refractivity contribution in [3.05, 3.63) is 41.6 Å². The quantitative estimate of drug-likeness (QED) is 0.609. The number of para-hydroxylation sites is 1. The first-order valence-corrected chi connectivity index (χ1v) is 9.17. The Morgan fingerprint density at radius 3 is 2.48 bits per heavy atom. The molecule has 0 aliphatic heterocycles. The van der Waals surface area contributed by atoms with Crippen molar-refractivity contribution < 1.29 is 9.84 Å². The Balaban J connectivity index is 2.06. The number of H-pyrrole nitrogens is 1. The monoisotopic (exact) mass is 393 g/mol. The van der Waals surface area contributed by atoms with E-state index in [1.54, 1.807) is 12.1 Å². The van der Waals surface area contributed by atoms with Crippen LogP contribution in [0.4, 0.5) is 11.5 Å². The van der Waals surface area contributed by atoms with Gasteiger partial charge in [0.25, 0.3) is 5.88 Å². The lowest BCUT2D eigenvalue weighted by Gasteiger charge is -2.14. The summed E-state index contributed by atoms with van der Waals surface area (Å²) >= 11 is 0. The van der Waals surface area contributed by atoms with E-state index in [0.717, 1.165) is 0 Å². The Labute approximate surface area is 168 Å². The lowest BCUT2D eigenvalue weighted by Crippen LogP contribution is -2.13. The van der Waals surface area contributed by atoms with Crippen LogP contribution >= 0.6 is 0 Å². The molecule has 2 heterocycles. The van der Waals surface area contributed by atoms with Gasteiger partial charge in [0.1, 0.15) is 11.6 Å². The van der Waals surface area contributed by atoms with Gasteiger partial charge in [0, 0.05) is 5.41 Å². The third kappa shape index (κ3) is 4.11. The van der Waals surface area contributed by atoms with E-state index in [2.05, 4.69) is 31.6 Å². The van der Waals surface area contributed by atoms with Crippen LogP contribution in [0.5, 0.6) is 11.8 Å². The Kier molecular flexibility index (Phi) is 5.37. The minimum Gasteiger partial charge on any atom is -0.492 e. The maximum atomic E-state index is 10.7. The van der Waals surface area contributed by atoms with Crippen molar-refractivity contribution in [2.75, 3.05) is 0 Å². The maximum Gasteiger partial charge on any atom is 0.265 e. The van der Waals surface area contributed by atoms with Crippen LogP contribution in [0.3, 0.4) is 0 Å². The van der Waals surface area contributed by atoms with E-state index >= 15 is 0 Å². The average molecular weight is 393 g/mol. The van der Waals surface area contributed by atoms with E-state index in [1.165, 1.54) is 4.68 Å². The van der Waals surface area contributed by atoms with E-state index in [4.69, 9.17) is 4.74 Å². The predicted molar refractivity (Wildman–Crippen MR) is 107 cm³/mol. The fourth-order valence-electron chi connectivity index (χ4n) is 2.67. The molecule has 150 valence electrons. The van der Waals surface area contributed by atoms with E-state index in [1.807, 2.05) is 52.8 Å². The van der Waals surface area contributed by atoms with Gasteiger partial charge in [-0.3, -0.25) is 5.10 Å².